The van der Waals surface area contributed by atoms with Gasteiger partial charge in [0.2, 0.25) is 0 Å². The van der Waals surface area contributed by atoms with Gasteiger partial charge < -0.3 is 15.4 Å². The van der Waals surface area contributed by atoms with Crippen LogP contribution in [0, 0.1) is 0 Å². The molecule has 1 aliphatic rings. The summed E-state index contributed by atoms with van der Waals surface area (Å²) in [6, 6.07) is 15.3. The normalized spacial score (nSPS) is 16.8. The van der Waals surface area contributed by atoms with Crippen molar-refractivity contribution in [1.82, 2.24) is 5.32 Å². The van der Waals surface area contributed by atoms with Gasteiger partial charge in [0.25, 0.3) is 10.0 Å². The first-order valence-corrected chi connectivity index (χ1v) is 10.3. The largest absolute Gasteiger partial charge is 0.376 e. The Hall–Kier alpha value is -2.16. The molecule has 1 saturated heterocycles. The van der Waals surface area contributed by atoms with E-state index in [1.54, 1.807) is 48.5 Å². The van der Waals surface area contributed by atoms with E-state index in [0.717, 1.165) is 19.4 Å². The van der Waals surface area contributed by atoms with E-state index in [9.17, 15) is 8.42 Å². The van der Waals surface area contributed by atoms with Crippen molar-refractivity contribution in [2.45, 2.75) is 23.8 Å². The van der Waals surface area contributed by atoms with Gasteiger partial charge in [-0.05, 0) is 55.4 Å². The molecule has 1 aliphatic heterocycles. The molecule has 3 rings (SSSR count). The SMILES string of the molecule is O=S(=O)(Nc1ccccc1)c1cccc(NC(=S)NCC2CCCO2)c1. The van der Waals surface area contributed by atoms with Crippen LogP contribution in [0.5, 0.6) is 0 Å². The second kappa shape index (κ2) is 8.48. The highest BCUT2D eigenvalue weighted by atomic mass is 32.2. The summed E-state index contributed by atoms with van der Waals surface area (Å²) in [6.45, 7) is 1.43. The zero-order valence-corrected chi connectivity index (χ0v) is 15.8. The number of nitrogens with one attached hydrogen (secondary N) is 3. The van der Waals surface area contributed by atoms with Crippen molar-refractivity contribution in [3.63, 3.8) is 0 Å². The lowest BCUT2D eigenvalue weighted by atomic mass is 10.2. The molecule has 0 amide bonds. The van der Waals surface area contributed by atoms with Crippen LogP contribution in [0.4, 0.5) is 11.4 Å². The van der Waals surface area contributed by atoms with E-state index in [4.69, 9.17) is 17.0 Å². The highest BCUT2D eigenvalue weighted by Gasteiger charge is 2.16. The number of hydrogen-bond donors (Lipinski definition) is 3. The molecule has 0 radical (unpaired) electrons. The molecule has 3 N–H and O–H groups in total. The van der Waals surface area contributed by atoms with Gasteiger partial charge in [0.1, 0.15) is 0 Å². The van der Waals surface area contributed by atoms with E-state index in [1.807, 2.05) is 6.07 Å². The van der Waals surface area contributed by atoms with E-state index in [1.165, 1.54) is 0 Å². The Kier molecular flexibility index (Phi) is 6.08. The van der Waals surface area contributed by atoms with Crippen molar-refractivity contribution in [2.24, 2.45) is 0 Å². The summed E-state index contributed by atoms with van der Waals surface area (Å²) in [4.78, 5) is 0.160. The minimum atomic E-state index is -3.67. The molecule has 2 aromatic carbocycles. The predicted octanol–water partition coefficient (Wildman–Crippen LogP) is 2.95. The van der Waals surface area contributed by atoms with Crippen molar-refractivity contribution in [1.29, 1.82) is 0 Å². The van der Waals surface area contributed by atoms with Gasteiger partial charge in [-0.15, -0.1) is 0 Å². The molecule has 2 aromatic rings. The molecule has 6 nitrogen and oxygen atoms in total. The average molecular weight is 392 g/mol. The Morgan fingerprint density at radius 3 is 2.62 bits per heavy atom. The van der Waals surface area contributed by atoms with Gasteiger partial charge in [-0.1, -0.05) is 24.3 Å². The number of anilines is 2. The number of sulfonamides is 1. The summed E-state index contributed by atoms with van der Waals surface area (Å²) < 4.78 is 33.2. The van der Waals surface area contributed by atoms with Crippen LogP contribution in [0.2, 0.25) is 0 Å². The zero-order valence-electron chi connectivity index (χ0n) is 14.1. The number of thiocarbonyl (C=S) groups is 1. The molecular weight excluding hydrogens is 370 g/mol. The van der Waals surface area contributed by atoms with E-state index in [-0.39, 0.29) is 11.0 Å². The first kappa shape index (κ1) is 18.6. The molecule has 8 heteroatoms. The second-order valence-corrected chi connectivity index (χ2v) is 8.06. The standard InChI is InChI=1S/C18H21N3O3S2/c22-26(23,21-14-6-2-1-3-7-14)17-10-4-8-15(12-17)20-18(25)19-13-16-9-5-11-24-16/h1-4,6-8,10,12,16,21H,5,9,11,13H2,(H2,19,20,25). The van der Waals surface area contributed by atoms with Crippen LogP contribution in [-0.4, -0.2) is 32.8 Å². The van der Waals surface area contributed by atoms with Crippen LogP contribution < -0.4 is 15.4 Å². The fourth-order valence-electron chi connectivity index (χ4n) is 2.65. The molecule has 138 valence electrons. The van der Waals surface area contributed by atoms with E-state index >= 15 is 0 Å². The van der Waals surface area contributed by atoms with Crippen molar-refractivity contribution in [3.8, 4) is 0 Å². The lowest BCUT2D eigenvalue weighted by Gasteiger charge is -2.15. The fraction of sp³-hybridized carbons (Fsp3) is 0.278. The first-order chi connectivity index (χ1) is 12.5. The van der Waals surface area contributed by atoms with Gasteiger partial charge in [0.15, 0.2) is 5.11 Å². The molecule has 26 heavy (non-hydrogen) atoms. The molecule has 1 heterocycles. The van der Waals surface area contributed by atoms with E-state index in [2.05, 4.69) is 15.4 Å². The lowest BCUT2D eigenvalue weighted by molar-refractivity contribution is 0.114. The van der Waals surface area contributed by atoms with Crippen LogP contribution in [0.1, 0.15) is 12.8 Å². The Morgan fingerprint density at radius 1 is 1.12 bits per heavy atom. The Balaban J connectivity index is 1.62. The van der Waals surface area contributed by atoms with Crippen molar-refractivity contribution in [3.05, 3.63) is 54.6 Å². The average Bonchev–Trinajstić information content (AvgIpc) is 3.14. The third-order valence-electron chi connectivity index (χ3n) is 3.94. The van der Waals surface area contributed by atoms with Crippen LogP contribution in [-0.2, 0) is 14.8 Å². The first-order valence-electron chi connectivity index (χ1n) is 8.37. The highest BCUT2D eigenvalue weighted by Crippen LogP contribution is 2.19. The zero-order chi connectivity index (χ0) is 18.4. The predicted molar refractivity (Wildman–Crippen MR) is 107 cm³/mol. The molecule has 0 spiro atoms. The number of benzene rings is 2. The Morgan fingerprint density at radius 2 is 1.88 bits per heavy atom. The highest BCUT2D eigenvalue weighted by molar-refractivity contribution is 7.92. The summed E-state index contributed by atoms with van der Waals surface area (Å²) in [5.74, 6) is 0. The maximum absolute atomic E-state index is 12.5. The minimum Gasteiger partial charge on any atom is -0.376 e. The monoisotopic (exact) mass is 391 g/mol. The molecule has 0 bridgehead atoms. The van der Waals surface area contributed by atoms with Crippen LogP contribution in [0.25, 0.3) is 0 Å². The Labute approximate surface area is 159 Å². The van der Waals surface area contributed by atoms with Crippen molar-refractivity contribution in [2.75, 3.05) is 23.2 Å². The molecule has 0 aliphatic carbocycles. The number of para-hydroxylation sites is 1. The van der Waals surface area contributed by atoms with Gasteiger partial charge >= 0.3 is 0 Å². The smallest absolute Gasteiger partial charge is 0.261 e. The van der Waals surface area contributed by atoms with Gasteiger partial charge in [0.05, 0.1) is 11.0 Å². The third-order valence-corrected chi connectivity index (χ3v) is 5.57. The number of ether oxygens (including phenoxy) is 1. The number of rotatable bonds is 6. The summed E-state index contributed by atoms with van der Waals surface area (Å²) in [5, 5.41) is 6.55. The summed E-state index contributed by atoms with van der Waals surface area (Å²) in [5.41, 5.74) is 1.12. The van der Waals surface area contributed by atoms with Crippen molar-refractivity contribution >= 4 is 38.7 Å². The summed E-state index contributed by atoms with van der Waals surface area (Å²) >= 11 is 5.27. The van der Waals surface area contributed by atoms with Crippen LogP contribution in [0.3, 0.4) is 0 Å². The minimum absolute atomic E-state index is 0.160. The maximum Gasteiger partial charge on any atom is 0.261 e. The maximum atomic E-state index is 12.5. The van der Waals surface area contributed by atoms with Gasteiger partial charge in [-0.25, -0.2) is 8.42 Å². The van der Waals surface area contributed by atoms with Crippen LogP contribution in [0.15, 0.2) is 59.5 Å². The lowest BCUT2D eigenvalue weighted by Crippen LogP contribution is -2.34. The molecular formula is C18H21N3O3S2. The van der Waals surface area contributed by atoms with Gasteiger partial charge in [-0.2, -0.15) is 0 Å². The van der Waals surface area contributed by atoms with Gasteiger partial charge in [0, 0.05) is 24.5 Å². The topological polar surface area (TPSA) is 79.5 Å². The van der Waals surface area contributed by atoms with Crippen LogP contribution >= 0.6 is 12.2 Å². The summed E-state index contributed by atoms with van der Waals surface area (Å²) in [7, 11) is -3.67. The van der Waals surface area contributed by atoms with Crippen molar-refractivity contribution < 1.29 is 13.2 Å². The Bertz CT molecular complexity index is 851. The second-order valence-electron chi connectivity index (χ2n) is 5.97. The molecule has 1 atom stereocenters. The molecule has 1 unspecified atom stereocenters. The molecule has 1 fully saturated rings. The third kappa shape index (κ3) is 5.17. The molecule has 0 aromatic heterocycles. The quantitative estimate of drug-likeness (QED) is 0.657. The van der Waals surface area contributed by atoms with Gasteiger partial charge in [-0.3, -0.25) is 4.72 Å². The molecule has 0 saturated carbocycles. The summed E-state index contributed by atoms with van der Waals surface area (Å²) in [6.07, 6.45) is 2.27. The number of hydrogen-bond acceptors (Lipinski definition) is 4. The van der Waals surface area contributed by atoms with E-state index < -0.39 is 10.0 Å². The fourth-order valence-corrected chi connectivity index (χ4v) is 3.95. The van der Waals surface area contributed by atoms with E-state index in [0.29, 0.717) is 23.0 Å².